The van der Waals surface area contributed by atoms with Gasteiger partial charge >= 0.3 is 0 Å². The van der Waals surface area contributed by atoms with Crippen molar-refractivity contribution in [1.82, 2.24) is 4.90 Å². The summed E-state index contributed by atoms with van der Waals surface area (Å²) >= 11 is 0. The maximum Gasteiger partial charge on any atom is 0.256 e. The highest BCUT2D eigenvalue weighted by atomic mass is 16.5. The summed E-state index contributed by atoms with van der Waals surface area (Å²) in [6.07, 6.45) is 2.16. The first-order chi connectivity index (χ1) is 9.13. The molecule has 4 nitrogen and oxygen atoms in total. The second kappa shape index (κ2) is 6.06. The molecule has 0 aromatic heterocycles. The Morgan fingerprint density at radius 3 is 3.00 bits per heavy atom. The van der Waals surface area contributed by atoms with Crippen molar-refractivity contribution in [3.63, 3.8) is 0 Å². The van der Waals surface area contributed by atoms with Crippen LogP contribution in [-0.4, -0.2) is 37.6 Å². The molecule has 1 aliphatic rings. The maximum absolute atomic E-state index is 12.6. The summed E-state index contributed by atoms with van der Waals surface area (Å²) in [6, 6.07) is 5.60. The lowest BCUT2D eigenvalue weighted by molar-refractivity contribution is 0.0571. The average molecular weight is 262 g/mol. The quantitative estimate of drug-likeness (QED) is 0.848. The Labute approximate surface area is 114 Å². The number of rotatable bonds is 3. The summed E-state index contributed by atoms with van der Waals surface area (Å²) in [4.78, 5) is 14.5. The molecule has 1 aromatic carbocycles. The van der Waals surface area contributed by atoms with E-state index in [2.05, 4.69) is 0 Å². The van der Waals surface area contributed by atoms with Crippen LogP contribution in [0.5, 0.6) is 0 Å². The number of benzene rings is 1. The number of piperidine rings is 1. The minimum atomic E-state index is 0.0522. The van der Waals surface area contributed by atoms with Crippen LogP contribution in [-0.2, 0) is 4.74 Å². The molecule has 2 rings (SSSR count). The smallest absolute Gasteiger partial charge is 0.256 e. The number of nitrogens with zero attached hydrogens (tertiary/aromatic N) is 1. The van der Waals surface area contributed by atoms with Gasteiger partial charge in [-0.15, -0.1) is 0 Å². The van der Waals surface area contributed by atoms with E-state index in [1.54, 1.807) is 13.2 Å². The van der Waals surface area contributed by atoms with E-state index in [-0.39, 0.29) is 5.91 Å². The molecule has 1 aromatic rings. The lowest BCUT2D eigenvalue weighted by Gasteiger charge is -2.33. The molecule has 4 heteroatoms. The van der Waals surface area contributed by atoms with Gasteiger partial charge < -0.3 is 15.4 Å². The number of anilines is 1. The number of aryl methyl sites for hydroxylation is 1. The van der Waals surface area contributed by atoms with Crippen molar-refractivity contribution < 1.29 is 9.53 Å². The van der Waals surface area contributed by atoms with Crippen molar-refractivity contribution in [1.29, 1.82) is 0 Å². The zero-order valence-electron chi connectivity index (χ0n) is 11.7. The number of ether oxygens (including phenoxy) is 1. The number of hydrogen-bond acceptors (Lipinski definition) is 3. The number of amides is 1. The van der Waals surface area contributed by atoms with Crippen LogP contribution < -0.4 is 5.73 Å². The molecular weight excluding hydrogens is 240 g/mol. The third-order valence-corrected chi connectivity index (χ3v) is 3.73. The predicted octanol–water partition coefficient (Wildman–Crippen LogP) is 2.08. The van der Waals surface area contributed by atoms with Crippen LogP contribution in [0.2, 0.25) is 0 Å². The Morgan fingerprint density at radius 2 is 2.32 bits per heavy atom. The lowest BCUT2D eigenvalue weighted by atomic mass is 9.97. The van der Waals surface area contributed by atoms with Gasteiger partial charge in [0, 0.05) is 25.9 Å². The fourth-order valence-corrected chi connectivity index (χ4v) is 2.76. The number of methoxy groups -OCH3 is 1. The fraction of sp³-hybridized carbons (Fsp3) is 0.533. The number of nitrogen functional groups attached to an aromatic ring is 1. The molecule has 0 saturated carbocycles. The van der Waals surface area contributed by atoms with E-state index < -0.39 is 0 Å². The number of likely N-dealkylation sites (tertiary alicyclic amines) is 1. The van der Waals surface area contributed by atoms with Crippen LogP contribution >= 0.6 is 0 Å². The van der Waals surface area contributed by atoms with Crippen molar-refractivity contribution in [3.05, 3.63) is 29.3 Å². The minimum absolute atomic E-state index is 0.0522. The standard InChI is InChI=1S/C15H22N2O2/c1-11-5-3-7-13(16)14(11)15(18)17-8-4-6-12(9-17)10-19-2/h3,5,7,12H,4,6,8-10,16H2,1-2H3. The first-order valence-electron chi connectivity index (χ1n) is 6.76. The van der Waals surface area contributed by atoms with Crippen molar-refractivity contribution in [2.24, 2.45) is 5.92 Å². The van der Waals surface area contributed by atoms with Gasteiger partial charge in [-0.25, -0.2) is 0 Å². The first-order valence-corrected chi connectivity index (χ1v) is 6.76. The second-order valence-corrected chi connectivity index (χ2v) is 5.25. The minimum Gasteiger partial charge on any atom is -0.398 e. The second-order valence-electron chi connectivity index (χ2n) is 5.25. The summed E-state index contributed by atoms with van der Waals surface area (Å²) in [7, 11) is 1.71. The molecule has 1 heterocycles. The van der Waals surface area contributed by atoms with E-state index >= 15 is 0 Å². The van der Waals surface area contributed by atoms with E-state index in [1.165, 1.54) is 0 Å². The molecule has 0 spiro atoms. The molecule has 1 unspecified atom stereocenters. The van der Waals surface area contributed by atoms with Crippen molar-refractivity contribution in [3.8, 4) is 0 Å². The molecule has 0 radical (unpaired) electrons. The van der Waals surface area contributed by atoms with Crippen LogP contribution in [0, 0.1) is 12.8 Å². The molecule has 0 bridgehead atoms. The van der Waals surface area contributed by atoms with Crippen molar-refractivity contribution in [2.75, 3.05) is 32.5 Å². The highest BCUT2D eigenvalue weighted by Crippen LogP contribution is 2.23. The molecule has 1 fully saturated rings. The Balaban J connectivity index is 2.15. The predicted molar refractivity (Wildman–Crippen MR) is 76.1 cm³/mol. The summed E-state index contributed by atoms with van der Waals surface area (Å²) in [5, 5.41) is 0. The van der Waals surface area contributed by atoms with Crippen molar-refractivity contribution in [2.45, 2.75) is 19.8 Å². The monoisotopic (exact) mass is 262 g/mol. The van der Waals surface area contributed by atoms with Gasteiger partial charge in [-0.05, 0) is 37.3 Å². The molecule has 1 saturated heterocycles. The van der Waals surface area contributed by atoms with Gasteiger partial charge in [0.05, 0.1) is 12.2 Å². The van der Waals surface area contributed by atoms with E-state index in [9.17, 15) is 4.79 Å². The highest BCUT2D eigenvalue weighted by Gasteiger charge is 2.26. The van der Waals surface area contributed by atoms with Crippen molar-refractivity contribution >= 4 is 11.6 Å². The zero-order valence-corrected chi connectivity index (χ0v) is 11.7. The summed E-state index contributed by atoms with van der Waals surface area (Å²) in [5.41, 5.74) is 8.12. The van der Waals surface area contributed by atoms with Gasteiger partial charge in [0.15, 0.2) is 0 Å². The van der Waals surface area contributed by atoms with Crippen LogP contribution in [0.1, 0.15) is 28.8 Å². The summed E-state index contributed by atoms with van der Waals surface area (Å²) in [5.74, 6) is 0.490. The fourth-order valence-electron chi connectivity index (χ4n) is 2.76. The van der Waals surface area contributed by atoms with Gasteiger partial charge in [0.2, 0.25) is 0 Å². The number of carbonyl (C=O) groups is 1. The molecule has 19 heavy (non-hydrogen) atoms. The van der Waals surface area contributed by atoms with Gasteiger partial charge in [-0.2, -0.15) is 0 Å². The molecule has 1 aliphatic heterocycles. The number of carbonyl (C=O) groups excluding carboxylic acids is 1. The Morgan fingerprint density at radius 1 is 1.53 bits per heavy atom. The van der Waals surface area contributed by atoms with Gasteiger partial charge in [-0.3, -0.25) is 4.79 Å². The Bertz CT molecular complexity index is 437. The molecule has 1 amide bonds. The molecule has 2 N–H and O–H groups in total. The van der Waals surface area contributed by atoms with Crippen LogP contribution in [0.4, 0.5) is 5.69 Å². The average Bonchev–Trinajstić information content (AvgIpc) is 2.39. The SMILES string of the molecule is COCC1CCCN(C(=O)c2c(C)cccc2N)C1. The summed E-state index contributed by atoms with van der Waals surface area (Å²) < 4.78 is 5.20. The topological polar surface area (TPSA) is 55.6 Å². The van der Waals surface area contributed by atoms with E-state index in [4.69, 9.17) is 10.5 Å². The molecule has 1 atom stereocenters. The summed E-state index contributed by atoms with van der Waals surface area (Å²) in [6.45, 7) is 4.22. The normalized spacial score (nSPS) is 19.5. The molecule has 0 aliphatic carbocycles. The Hall–Kier alpha value is -1.55. The van der Waals surface area contributed by atoms with Crippen LogP contribution in [0.3, 0.4) is 0 Å². The van der Waals surface area contributed by atoms with E-state index in [0.29, 0.717) is 23.8 Å². The van der Waals surface area contributed by atoms with Crippen LogP contribution in [0.15, 0.2) is 18.2 Å². The Kier molecular flexibility index (Phi) is 4.43. The highest BCUT2D eigenvalue weighted by molar-refractivity contribution is 6.00. The third-order valence-electron chi connectivity index (χ3n) is 3.73. The van der Waals surface area contributed by atoms with E-state index in [1.807, 2.05) is 24.0 Å². The maximum atomic E-state index is 12.6. The van der Waals surface area contributed by atoms with Gasteiger partial charge in [0.25, 0.3) is 5.91 Å². The number of nitrogens with two attached hydrogens (primary N) is 1. The van der Waals surface area contributed by atoms with Gasteiger partial charge in [0.1, 0.15) is 0 Å². The van der Waals surface area contributed by atoms with Gasteiger partial charge in [-0.1, -0.05) is 12.1 Å². The molecule has 104 valence electrons. The number of hydrogen-bond donors (Lipinski definition) is 1. The molecular formula is C15H22N2O2. The zero-order chi connectivity index (χ0) is 13.8. The first kappa shape index (κ1) is 13.9. The van der Waals surface area contributed by atoms with Crippen LogP contribution in [0.25, 0.3) is 0 Å². The van der Waals surface area contributed by atoms with E-state index in [0.717, 1.165) is 31.5 Å². The lowest BCUT2D eigenvalue weighted by Crippen LogP contribution is -2.41. The third kappa shape index (κ3) is 3.07. The largest absolute Gasteiger partial charge is 0.398 e.